The second-order valence-corrected chi connectivity index (χ2v) is 11.0. The van der Waals surface area contributed by atoms with Crippen molar-refractivity contribution in [1.82, 2.24) is 19.8 Å². The van der Waals surface area contributed by atoms with E-state index in [0.717, 1.165) is 91.8 Å². The van der Waals surface area contributed by atoms with E-state index >= 15 is 0 Å². The van der Waals surface area contributed by atoms with E-state index in [4.69, 9.17) is 19.2 Å². The van der Waals surface area contributed by atoms with Crippen LogP contribution in [-0.2, 0) is 17.6 Å². The van der Waals surface area contributed by atoms with Gasteiger partial charge in [-0.3, -0.25) is 4.90 Å². The molecule has 1 saturated heterocycles. The van der Waals surface area contributed by atoms with Crippen molar-refractivity contribution in [3.63, 3.8) is 0 Å². The Morgan fingerprint density at radius 2 is 1.73 bits per heavy atom. The SMILES string of the molecule is CN(C)CCCN1CCN(c2ccc3cc2OCCOCCOc2ccc4c(c2)-c2nc(ncc2CC4)N3)CC1. The van der Waals surface area contributed by atoms with Crippen LogP contribution in [0.2, 0.25) is 0 Å². The van der Waals surface area contributed by atoms with Gasteiger partial charge in [0.2, 0.25) is 5.95 Å². The van der Waals surface area contributed by atoms with Crippen LogP contribution in [0.25, 0.3) is 11.3 Å². The number of aryl methyl sites for hydroxylation is 2. The van der Waals surface area contributed by atoms with Crippen molar-refractivity contribution in [2.75, 3.05) is 90.0 Å². The van der Waals surface area contributed by atoms with Gasteiger partial charge >= 0.3 is 0 Å². The molecule has 0 spiro atoms. The summed E-state index contributed by atoms with van der Waals surface area (Å²) in [4.78, 5) is 16.8. The molecule has 1 fully saturated rings. The molecule has 2 aromatic carbocycles. The van der Waals surface area contributed by atoms with Gasteiger partial charge in [0.15, 0.2) is 0 Å². The Morgan fingerprint density at radius 1 is 0.900 bits per heavy atom. The van der Waals surface area contributed by atoms with E-state index < -0.39 is 0 Å². The molecular weight excluding hydrogens is 504 g/mol. The summed E-state index contributed by atoms with van der Waals surface area (Å²) in [5.74, 6) is 2.26. The second-order valence-electron chi connectivity index (χ2n) is 11.0. The van der Waals surface area contributed by atoms with Crippen LogP contribution in [0.5, 0.6) is 11.5 Å². The van der Waals surface area contributed by atoms with E-state index in [1.54, 1.807) is 0 Å². The van der Waals surface area contributed by atoms with Gasteiger partial charge in [0, 0.05) is 49.7 Å². The number of hydrogen-bond acceptors (Lipinski definition) is 9. The van der Waals surface area contributed by atoms with Crippen LogP contribution >= 0.6 is 0 Å². The molecule has 3 heterocycles. The van der Waals surface area contributed by atoms with Gasteiger partial charge in [-0.15, -0.1) is 0 Å². The smallest absolute Gasteiger partial charge is 0.227 e. The highest BCUT2D eigenvalue weighted by Gasteiger charge is 2.22. The third-order valence-electron chi connectivity index (χ3n) is 7.85. The first kappa shape index (κ1) is 26.8. The molecule has 3 aliphatic rings. The summed E-state index contributed by atoms with van der Waals surface area (Å²) in [6.45, 7) is 8.31. The average molecular weight is 545 g/mol. The van der Waals surface area contributed by atoms with E-state index in [-0.39, 0.29) is 0 Å². The van der Waals surface area contributed by atoms with E-state index in [1.165, 1.54) is 12.0 Å². The summed E-state index contributed by atoms with van der Waals surface area (Å²) in [5.41, 5.74) is 6.57. The van der Waals surface area contributed by atoms with E-state index in [0.29, 0.717) is 32.4 Å². The van der Waals surface area contributed by atoms with E-state index in [9.17, 15) is 0 Å². The normalized spacial score (nSPS) is 17.6. The fourth-order valence-electron chi connectivity index (χ4n) is 5.69. The molecule has 6 rings (SSSR count). The Hall–Kier alpha value is -3.40. The summed E-state index contributed by atoms with van der Waals surface area (Å²) >= 11 is 0. The molecule has 0 atom stereocenters. The van der Waals surface area contributed by atoms with Crippen molar-refractivity contribution < 1.29 is 14.2 Å². The van der Waals surface area contributed by atoms with Crippen LogP contribution in [-0.4, -0.2) is 99.6 Å². The molecule has 0 amide bonds. The number of ether oxygens (including phenoxy) is 3. The largest absolute Gasteiger partial charge is 0.491 e. The van der Waals surface area contributed by atoms with Crippen molar-refractivity contribution >= 4 is 17.3 Å². The molecule has 2 aliphatic heterocycles. The molecule has 0 unspecified atom stereocenters. The zero-order valence-electron chi connectivity index (χ0n) is 23.7. The summed E-state index contributed by atoms with van der Waals surface area (Å²) in [5, 5.41) is 3.43. The highest BCUT2D eigenvalue weighted by Crippen LogP contribution is 2.36. The molecule has 40 heavy (non-hydrogen) atoms. The molecule has 1 aromatic heterocycles. The monoisotopic (exact) mass is 544 g/mol. The maximum Gasteiger partial charge on any atom is 0.227 e. The second kappa shape index (κ2) is 12.4. The van der Waals surface area contributed by atoms with Gasteiger partial charge in [-0.05, 0) is 81.8 Å². The van der Waals surface area contributed by atoms with E-state index in [2.05, 4.69) is 69.4 Å². The Morgan fingerprint density at radius 3 is 2.58 bits per heavy atom. The molecule has 9 nitrogen and oxygen atoms in total. The highest BCUT2D eigenvalue weighted by molar-refractivity contribution is 5.73. The maximum atomic E-state index is 6.30. The fraction of sp³-hybridized carbons (Fsp3) is 0.484. The third-order valence-corrected chi connectivity index (χ3v) is 7.85. The van der Waals surface area contributed by atoms with Crippen molar-refractivity contribution in [2.45, 2.75) is 19.3 Å². The predicted molar refractivity (Wildman–Crippen MR) is 158 cm³/mol. The number of nitrogens with one attached hydrogen (secondary N) is 1. The predicted octanol–water partition coefficient (Wildman–Crippen LogP) is 3.85. The first-order valence-electron chi connectivity index (χ1n) is 14.5. The summed E-state index contributed by atoms with van der Waals surface area (Å²) in [6, 6.07) is 12.6. The van der Waals surface area contributed by atoms with Crippen LogP contribution in [0, 0.1) is 0 Å². The fourth-order valence-corrected chi connectivity index (χ4v) is 5.69. The standard InChI is InChI=1S/C31H40N6O3/c1-35(2)10-3-11-36-12-14-37(15-13-36)28-9-7-25-20-29(28)40-19-17-38-16-18-39-26-8-6-23-4-5-24-22-32-31(33-25)34-30(24)27(23)21-26/h6-9,20-22H,3-5,10-19H2,1-2H3,(H,32,33,34). The van der Waals surface area contributed by atoms with Gasteiger partial charge in [-0.25, -0.2) is 9.97 Å². The van der Waals surface area contributed by atoms with Crippen LogP contribution in [0.3, 0.4) is 0 Å². The Balaban J connectivity index is 1.23. The lowest BCUT2D eigenvalue weighted by molar-refractivity contribution is 0.0765. The van der Waals surface area contributed by atoms with Crippen molar-refractivity contribution in [3.8, 4) is 22.8 Å². The average Bonchev–Trinajstić information content (AvgIpc) is 2.97. The number of anilines is 3. The first-order valence-corrected chi connectivity index (χ1v) is 14.5. The van der Waals surface area contributed by atoms with Crippen molar-refractivity contribution in [2.24, 2.45) is 0 Å². The zero-order valence-corrected chi connectivity index (χ0v) is 23.7. The zero-order chi connectivity index (χ0) is 27.3. The Labute approximate surface area is 237 Å². The van der Waals surface area contributed by atoms with Crippen molar-refractivity contribution in [1.29, 1.82) is 0 Å². The number of fused-ring (bicyclic) bond motifs is 4. The summed E-state index contributed by atoms with van der Waals surface area (Å²) in [6.07, 6.45) is 5.07. The third kappa shape index (κ3) is 6.32. The molecule has 0 radical (unpaired) electrons. The number of nitrogens with zero attached hydrogens (tertiary/aromatic N) is 5. The molecule has 3 aromatic rings. The molecular formula is C31H40N6O3. The Kier molecular flexibility index (Phi) is 8.32. The summed E-state index contributed by atoms with van der Waals surface area (Å²) in [7, 11) is 4.27. The van der Waals surface area contributed by atoms with Gasteiger partial charge < -0.3 is 29.3 Å². The van der Waals surface area contributed by atoms with E-state index in [1.807, 2.05) is 12.3 Å². The van der Waals surface area contributed by atoms with Gasteiger partial charge in [-0.1, -0.05) is 6.07 Å². The minimum Gasteiger partial charge on any atom is -0.491 e. The lowest BCUT2D eigenvalue weighted by Gasteiger charge is -2.37. The first-order chi connectivity index (χ1) is 19.6. The minimum atomic E-state index is 0.467. The molecule has 1 N–H and O–H groups in total. The molecule has 1 aliphatic carbocycles. The number of rotatable bonds is 5. The lowest BCUT2D eigenvalue weighted by Crippen LogP contribution is -2.47. The molecule has 212 valence electrons. The Bertz CT molecular complexity index is 1310. The van der Waals surface area contributed by atoms with Crippen molar-refractivity contribution in [3.05, 3.63) is 53.7 Å². The van der Waals surface area contributed by atoms with Crippen LogP contribution in [0.15, 0.2) is 42.6 Å². The highest BCUT2D eigenvalue weighted by atomic mass is 16.5. The minimum absolute atomic E-state index is 0.467. The molecule has 9 heteroatoms. The molecule has 6 bridgehead atoms. The van der Waals surface area contributed by atoms with Gasteiger partial charge in [0.25, 0.3) is 0 Å². The number of hydrogen-bond donors (Lipinski definition) is 1. The van der Waals surface area contributed by atoms with Gasteiger partial charge in [-0.2, -0.15) is 0 Å². The van der Waals surface area contributed by atoms with Gasteiger partial charge in [0.1, 0.15) is 24.7 Å². The molecule has 0 saturated carbocycles. The van der Waals surface area contributed by atoms with Crippen LogP contribution in [0.4, 0.5) is 17.3 Å². The van der Waals surface area contributed by atoms with Crippen LogP contribution < -0.4 is 19.7 Å². The quantitative estimate of drug-likeness (QED) is 0.516. The maximum absolute atomic E-state index is 6.30. The number of piperazine rings is 1. The summed E-state index contributed by atoms with van der Waals surface area (Å²) < 4.78 is 18.1. The number of benzene rings is 2. The topological polar surface area (TPSA) is 75.2 Å². The van der Waals surface area contributed by atoms with Crippen LogP contribution in [0.1, 0.15) is 17.5 Å². The lowest BCUT2D eigenvalue weighted by atomic mass is 9.90. The number of aromatic nitrogens is 2. The van der Waals surface area contributed by atoms with Gasteiger partial charge in [0.05, 0.1) is 24.6 Å².